The maximum atomic E-state index is 13.4. The number of nitrogens with zero attached hydrogens (tertiary/aromatic N) is 2. The lowest BCUT2D eigenvalue weighted by molar-refractivity contribution is 0.267. The fourth-order valence-electron chi connectivity index (χ4n) is 3.10. The van der Waals surface area contributed by atoms with Gasteiger partial charge in [-0.2, -0.15) is 0 Å². The molecule has 1 aromatic rings. The van der Waals surface area contributed by atoms with Gasteiger partial charge >= 0.3 is 0 Å². The Labute approximate surface area is 139 Å². The van der Waals surface area contributed by atoms with E-state index in [0.29, 0.717) is 18.5 Å². The maximum Gasteiger partial charge on any atom is 0.188 e. The first-order valence-corrected chi connectivity index (χ1v) is 8.46. The molecule has 0 saturated carbocycles. The van der Waals surface area contributed by atoms with Gasteiger partial charge in [0.2, 0.25) is 0 Å². The van der Waals surface area contributed by atoms with Crippen molar-refractivity contribution in [2.45, 2.75) is 45.1 Å². The van der Waals surface area contributed by atoms with E-state index < -0.39 is 0 Å². The van der Waals surface area contributed by atoms with E-state index in [1.165, 1.54) is 25.5 Å². The molecular weight excluding hydrogens is 291 g/mol. The summed E-state index contributed by atoms with van der Waals surface area (Å²) in [5, 5.41) is 3.24. The van der Waals surface area contributed by atoms with Crippen LogP contribution in [0.15, 0.2) is 29.3 Å². The summed E-state index contributed by atoms with van der Waals surface area (Å²) >= 11 is 0. The number of aliphatic imine (C=N–C) groups is 1. The van der Waals surface area contributed by atoms with E-state index >= 15 is 0 Å². The predicted octanol–water partition coefficient (Wildman–Crippen LogP) is 2.49. The lowest BCUT2D eigenvalue weighted by Crippen LogP contribution is -2.43. The smallest absolute Gasteiger partial charge is 0.188 e. The van der Waals surface area contributed by atoms with Crippen LogP contribution in [0, 0.1) is 5.82 Å². The molecule has 23 heavy (non-hydrogen) atoms. The van der Waals surface area contributed by atoms with Crippen LogP contribution in [0.4, 0.5) is 4.39 Å². The van der Waals surface area contributed by atoms with Crippen LogP contribution >= 0.6 is 0 Å². The number of nitrogens with two attached hydrogens (primary N) is 1. The summed E-state index contributed by atoms with van der Waals surface area (Å²) in [6.45, 7) is 9.91. The van der Waals surface area contributed by atoms with Crippen molar-refractivity contribution in [2.75, 3.05) is 26.2 Å². The van der Waals surface area contributed by atoms with E-state index in [-0.39, 0.29) is 11.2 Å². The molecule has 5 heteroatoms. The Balaban J connectivity index is 1.88. The molecule has 0 spiro atoms. The summed E-state index contributed by atoms with van der Waals surface area (Å²) in [4.78, 5) is 6.93. The van der Waals surface area contributed by atoms with Gasteiger partial charge in [-0.3, -0.25) is 9.89 Å². The monoisotopic (exact) mass is 320 g/mol. The first-order valence-electron chi connectivity index (χ1n) is 8.46. The second kappa shape index (κ2) is 7.77. The minimum Gasteiger partial charge on any atom is -0.370 e. The number of likely N-dealkylation sites (tertiary alicyclic amines) is 1. The summed E-state index contributed by atoms with van der Waals surface area (Å²) < 4.78 is 13.4. The van der Waals surface area contributed by atoms with Crippen LogP contribution in [-0.4, -0.2) is 43.1 Å². The Morgan fingerprint density at radius 3 is 2.96 bits per heavy atom. The number of guanidine groups is 1. The molecule has 1 aliphatic heterocycles. The number of halogens is 1. The second-order valence-corrected chi connectivity index (χ2v) is 6.90. The van der Waals surface area contributed by atoms with Crippen molar-refractivity contribution in [2.24, 2.45) is 10.7 Å². The molecule has 1 saturated heterocycles. The van der Waals surface area contributed by atoms with Crippen LogP contribution in [0.1, 0.15) is 39.2 Å². The lowest BCUT2D eigenvalue weighted by Gasteiger charge is -2.25. The van der Waals surface area contributed by atoms with Crippen LogP contribution in [0.5, 0.6) is 0 Å². The zero-order valence-electron chi connectivity index (χ0n) is 14.5. The summed E-state index contributed by atoms with van der Waals surface area (Å²) in [6.07, 6.45) is 2.47. The Kier molecular flexibility index (Phi) is 5.99. The highest BCUT2D eigenvalue weighted by molar-refractivity contribution is 5.77. The molecule has 0 radical (unpaired) electrons. The summed E-state index contributed by atoms with van der Waals surface area (Å²) in [6, 6.07) is 7.23. The van der Waals surface area contributed by atoms with Crippen molar-refractivity contribution >= 4 is 5.96 Å². The van der Waals surface area contributed by atoms with E-state index in [1.807, 2.05) is 19.9 Å². The molecular formula is C18H29FN4. The molecule has 3 N–H and O–H groups in total. The van der Waals surface area contributed by atoms with Crippen LogP contribution < -0.4 is 11.1 Å². The molecule has 1 heterocycles. The third kappa shape index (κ3) is 4.93. The number of likely N-dealkylation sites (N-methyl/N-ethyl adjacent to an activating group) is 1. The average Bonchev–Trinajstić information content (AvgIpc) is 2.98. The van der Waals surface area contributed by atoms with Gasteiger partial charge in [0.1, 0.15) is 5.82 Å². The van der Waals surface area contributed by atoms with Gasteiger partial charge in [-0.15, -0.1) is 0 Å². The number of hydrogen-bond acceptors (Lipinski definition) is 2. The SMILES string of the molecule is CCN1CCCC1CNC(N)=NCC(C)(C)c1cccc(F)c1. The Hall–Kier alpha value is -1.62. The van der Waals surface area contributed by atoms with Crippen molar-refractivity contribution in [3.63, 3.8) is 0 Å². The predicted molar refractivity (Wildman–Crippen MR) is 94.2 cm³/mol. The van der Waals surface area contributed by atoms with E-state index in [0.717, 1.165) is 18.7 Å². The minimum atomic E-state index is -0.253. The van der Waals surface area contributed by atoms with Gasteiger partial charge < -0.3 is 11.1 Å². The first-order chi connectivity index (χ1) is 10.9. The standard InChI is InChI=1S/C18H29FN4/c1-4-23-10-6-9-16(23)12-21-17(20)22-13-18(2,3)14-7-5-8-15(19)11-14/h5,7-8,11,16H,4,6,9-10,12-13H2,1-3H3,(H3,20,21,22). The highest BCUT2D eigenvalue weighted by Crippen LogP contribution is 2.24. The molecule has 128 valence electrons. The van der Waals surface area contributed by atoms with E-state index in [2.05, 4.69) is 22.1 Å². The molecule has 1 aliphatic rings. The van der Waals surface area contributed by atoms with Gasteiger partial charge in [0, 0.05) is 18.0 Å². The quantitative estimate of drug-likeness (QED) is 0.625. The molecule has 1 atom stereocenters. The number of nitrogens with one attached hydrogen (secondary N) is 1. The highest BCUT2D eigenvalue weighted by Gasteiger charge is 2.23. The van der Waals surface area contributed by atoms with Gasteiger partial charge in [-0.25, -0.2) is 4.39 Å². The molecule has 0 amide bonds. The van der Waals surface area contributed by atoms with Gasteiger partial charge in [0.05, 0.1) is 6.54 Å². The van der Waals surface area contributed by atoms with Gasteiger partial charge in [0.15, 0.2) is 5.96 Å². The molecule has 1 unspecified atom stereocenters. The van der Waals surface area contributed by atoms with Crippen molar-refractivity contribution < 1.29 is 4.39 Å². The molecule has 0 aliphatic carbocycles. The fraction of sp³-hybridized carbons (Fsp3) is 0.611. The summed E-state index contributed by atoms with van der Waals surface area (Å²) in [5.74, 6) is 0.254. The number of hydrogen-bond donors (Lipinski definition) is 2. The zero-order chi connectivity index (χ0) is 16.9. The third-order valence-corrected chi connectivity index (χ3v) is 4.67. The van der Waals surface area contributed by atoms with Crippen LogP contribution in [-0.2, 0) is 5.41 Å². The van der Waals surface area contributed by atoms with Crippen molar-refractivity contribution in [3.8, 4) is 0 Å². The average molecular weight is 320 g/mol. The number of benzene rings is 1. The lowest BCUT2D eigenvalue weighted by atomic mass is 9.85. The molecule has 1 fully saturated rings. The molecule has 4 nitrogen and oxygen atoms in total. The maximum absolute atomic E-state index is 13.4. The second-order valence-electron chi connectivity index (χ2n) is 6.90. The zero-order valence-corrected chi connectivity index (χ0v) is 14.5. The Morgan fingerprint density at radius 2 is 2.26 bits per heavy atom. The van der Waals surface area contributed by atoms with Crippen molar-refractivity contribution in [3.05, 3.63) is 35.6 Å². The topological polar surface area (TPSA) is 53.6 Å². The Bertz CT molecular complexity index is 542. The minimum absolute atomic E-state index is 0.216. The van der Waals surface area contributed by atoms with Gasteiger partial charge in [-0.1, -0.05) is 32.9 Å². The molecule has 0 aromatic heterocycles. The molecule has 2 rings (SSSR count). The Morgan fingerprint density at radius 1 is 1.48 bits per heavy atom. The summed E-state index contributed by atoms with van der Waals surface area (Å²) in [7, 11) is 0. The van der Waals surface area contributed by atoms with Crippen LogP contribution in [0.3, 0.4) is 0 Å². The van der Waals surface area contributed by atoms with Gasteiger partial charge in [0.25, 0.3) is 0 Å². The van der Waals surface area contributed by atoms with E-state index in [4.69, 9.17) is 5.73 Å². The van der Waals surface area contributed by atoms with Crippen LogP contribution in [0.2, 0.25) is 0 Å². The molecule has 0 bridgehead atoms. The molecule has 1 aromatic carbocycles. The van der Waals surface area contributed by atoms with E-state index in [1.54, 1.807) is 12.1 Å². The van der Waals surface area contributed by atoms with Crippen molar-refractivity contribution in [1.29, 1.82) is 0 Å². The normalized spacial score (nSPS) is 20.0. The van der Waals surface area contributed by atoms with Gasteiger partial charge in [-0.05, 0) is 43.6 Å². The highest BCUT2D eigenvalue weighted by atomic mass is 19.1. The third-order valence-electron chi connectivity index (χ3n) is 4.67. The summed E-state index contributed by atoms with van der Waals surface area (Å²) in [5.41, 5.74) is 6.68. The number of rotatable bonds is 6. The first kappa shape index (κ1) is 17.7. The largest absolute Gasteiger partial charge is 0.370 e. The van der Waals surface area contributed by atoms with Crippen LogP contribution in [0.25, 0.3) is 0 Å². The van der Waals surface area contributed by atoms with E-state index in [9.17, 15) is 4.39 Å². The van der Waals surface area contributed by atoms with Crippen molar-refractivity contribution in [1.82, 2.24) is 10.2 Å². The fourth-order valence-corrected chi connectivity index (χ4v) is 3.10.